The minimum atomic E-state index is -0.558. The van der Waals surface area contributed by atoms with Crippen molar-refractivity contribution in [3.63, 3.8) is 0 Å². The summed E-state index contributed by atoms with van der Waals surface area (Å²) in [5.74, 6) is 0.538. The fraction of sp³-hybridized carbons (Fsp3) is 0.0667. The molecule has 0 saturated heterocycles. The number of rotatable bonds is 4. The molecular weight excluding hydrogens is 338 g/mol. The third-order valence-electron chi connectivity index (χ3n) is 3.19. The molecule has 1 heterocycles. The van der Waals surface area contributed by atoms with Crippen LogP contribution in [0.25, 0.3) is 0 Å². The van der Waals surface area contributed by atoms with Crippen molar-refractivity contribution in [2.24, 2.45) is 5.10 Å². The van der Waals surface area contributed by atoms with E-state index in [1.165, 1.54) is 24.3 Å². The largest absolute Gasteiger partial charge is 0.454 e. The molecule has 122 valence electrons. The zero-order valence-electron chi connectivity index (χ0n) is 12.1. The number of ether oxygens (including phenoxy) is 2. The van der Waals surface area contributed by atoms with Crippen LogP contribution >= 0.6 is 11.6 Å². The lowest BCUT2D eigenvalue weighted by atomic mass is 10.2. The molecule has 0 aliphatic carbocycles. The van der Waals surface area contributed by atoms with E-state index in [1.54, 1.807) is 12.1 Å². The maximum Gasteiger partial charge on any atom is 0.278 e. The molecule has 0 radical (unpaired) electrons. The van der Waals surface area contributed by atoms with E-state index in [4.69, 9.17) is 21.1 Å². The van der Waals surface area contributed by atoms with Crippen LogP contribution < -0.4 is 14.9 Å². The van der Waals surface area contributed by atoms with Crippen LogP contribution in [0.5, 0.6) is 11.5 Å². The summed E-state index contributed by atoms with van der Waals surface area (Å²) in [6.45, 7) is 0.108. The number of nitro groups is 1. The summed E-state index contributed by atoms with van der Waals surface area (Å²) in [5, 5.41) is 15.0. The molecule has 0 atom stereocenters. The molecule has 0 spiro atoms. The van der Waals surface area contributed by atoms with Gasteiger partial charge in [0.05, 0.1) is 16.7 Å². The standard InChI is InChI=1S/C15H10ClN3O5/c16-11-2-3-12(19(21)22)10(5-11)7-17-18-15(20)9-1-4-13-14(6-9)24-8-23-13/h1-7H,8H2,(H,18,20)/b17-7-. The zero-order chi connectivity index (χ0) is 17.1. The Bertz CT molecular complexity index is 853. The maximum atomic E-state index is 12.0. The Morgan fingerprint density at radius 3 is 2.83 bits per heavy atom. The number of amides is 1. The van der Waals surface area contributed by atoms with Gasteiger partial charge in [-0.25, -0.2) is 5.43 Å². The molecule has 0 fully saturated rings. The quantitative estimate of drug-likeness (QED) is 0.520. The fourth-order valence-electron chi connectivity index (χ4n) is 2.06. The van der Waals surface area contributed by atoms with E-state index in [9.17, 15) is 14.9 Å². The average Bonchev–Trinajstić information content (AvgIpc) is 3.02. The third kappa shape index (κ3) is 3.28. The summed E-state index contributed by atoms with van der Waals surface area (Å²) in [6, 6.07) is 8.75. The number of nitro benzene ring substituents is 1. The van der Waals surface area contributed by atoms with E-state index < -0.39 is 10.8 Å². The number of carbonyl (C=O) groups excluding carboxylic acids is 1. The van der Waals surface area contributed by atoms with Gasteiger partial charge in [0.25, 0.3) is 11.6 Å². The van der Waals surface area contributed by atoms with Crippen LogP contribution in [0.15, 0.2) is 41.5 Å². The Kier molecular flexibility index (Phi) is 4.30. The first-order valence-electron chi connectivity index (χ1n) is 6.71. The molecule has 9 heteroatoms. The van der Waals surface area contributed by atoms with Crippen LogP contribution in [0.2, 0.25) is 5.02 Å². The van der Waals surface area contributed by atoms with Gasteiger partial charge in [-0.05, 0) is 30.3 Å². The van der Waals surface area contributed by atoms with E-state index >= 15 is 0 Å². The number of halogens is 1. The summed E-state index contributed by atoms with van der Waals surface area (Å²) in [6.07, 6.45) is 1.16. The van der Waals surface area contributed by atoms with Crippen molar-refractivity contribution in [2.45, 2.75) is 0 Å². The van der Waals surface area contributed by atoms with Crippen molar-refractivity contribution < 1.29 is 19.2 Å². The van der Waals surface area contributed by atoms with Gasteiger partial charge >= 0.3 is 0 Å². The highest BCUT2D eigenvalue weighted by Gasteiger charge is 2.16. The summed E-state index contributed by atoms with van der Waals surface area (Å²) in [4.78, 5) is 22.4. The zero-order valence-corrected chi connectivity index (χ0v) is 12.8. The molecule has 2 aromatic rings. The summed E-state index contributed by atoms with van der Waals surface area (Å²) in [5.41, 5.74) is 2.62. The highest BCUT2D eigenvalue weighted by molar-refractivity contribution is 6.31. The highest BCUT2D eigenvalue weighted by Crippen LogP contribution is 2.32. The molecule has 1 aliphatic rings. The Hall–Kier alpha value is -3.13. The first kappa shape index (κ1) is 15.8. The highest BCUT2D eigenvalue weighted by atomic mass is 35.5. The molecule has 2 aromatic carbocycles. The number of hydrazone groups is 1. The lowest BCUT2D eigenvalue weighted by Gasteiger charge is -2.02. The van der Waals surface area contributed by atoms with Crippen LogP contribution in [0.3, 0.4) is 0 Å². The predicted octanol–water partition coefficient (Wildman–Crippen LogP) is 2.74. The van der Waals surface area contributed by atoms with Gasteiger partial charge in [-0.2, -0.15) is 5.10 Å². The second kappa shape index (κ2) is 6.55. The van der Waals surface area contributed by atoms with Gasteiger partial charge in [-0.1, -0.05) is 11.6 Å². The Morgan fingerprint density at radius 2 is 2.04 bits per heavy atom. The normalized spacial score (nSPS) is 12.4. The fourth-order valence-corrected chi connectivity index (χ4v) is 2.24. The molecule has 24 heavy (non-hydrogen) atoms. The van der Waals surface area contributed by atoms with Gasteiger partial charge < -0.3 is 9.47 Å². The molecule has 8 nitrogen and oxygen atoms in total. The van der Waals surface area contributed by atoms with Gasteiger partial charge in [0.1, 0.15) is 0 Å². The van der Waals surface area contributed by atoms with E-state index in [0.29, 0.717) is 22.1 Å². The predicted molar refractivity (Wildman–Crippen MR) is 85.7 cm³/mol. The van der Waals surface area contributed by atoms with Crippen molar-refractivity contribution in [3.8, 4) is 11.5 Å². The Labute approximate surface area is 140 Å². The van der Waals surface area contributed by atoms with Crippen LogP contribution in [-0.2, 0) is 0 Å². The molecular formula is C15H10ClN3O5. The molecule has 0 aromatic heterocycles. The number of fused-ring (bicyclic) bond motifs is 1. The van der Waals surface area contributed by atoms with Crippen LogP contribution in [-0.4, -0.2) is 23.8 Å². The second-order valence-electron chi connectivity index (χ2n) is 4.73. The van der Waals surface area contributed by atoms with E-state index in [-0.39, 0.29) is 18.0 Å². The molecule has 1 amide bonds. The van der Waals surface area contributed by atoms with Crippen molar-refractivity contribution >= 4 is 29.4 Å². The number of benzene rings is 2. The SMILES string of the molecule is O=C(N/N=C\c1cc(Cl)ccc1[N+](=O)[O-])c1ccc2c(c1)OCO2. The third-order valence-corrected chi connectivity index (χ3v) is 3.43. The van der Waals surface area contributed by atoms with Crippen LogP contribution in [0.4, 0.5) is 5.69 Å². The second-order valence-corrected chi connectivity index (χ2v) is 5.16. The maximum absolute atomic E-state index is 12.0. The Balaban J connectivity index is 1.73. The summed E-state index contributed by atoms with van der Waals surface area (Å²) in [7, 11) is 0. The topological polar surface area (TPSA) is 103 Å². The molecule has 0 saturated carbocycles. The van der Waals surface area contributed by atoms with E-state index in [0.717, 1.165) is 6.21 Å². The smallest absolute Gasteiger partial charge is 0.278 e. The van der Waals surface area contributed by atoms with E-state index in [2.05, 4.69) is 10.5 Å². The number of nitrogens with zero attached hydrogens (tertiary/aromatic N) is 2. The number of nitrogens with one attached hydrogen (secondary N) is 1. The number of hydrogen-bond donors (Lipinski definition) is 1. The van der Waals surface area contributed by atoms with Crippen molar-refractivity contribution in [2.75, 3.05) is 6.79 Å². The van der Waals surface area contributed by atoms with Crippen molar-refractivity contribution in [1.82, 2.24) is 5.43 Å². The van der Waals surface area contributed by atoms with Crippen LogP contribution in [0.1, 0.15) is 15.9 Å². The number of carbonyl (C=O) groups is 1. The molecule has 0 unspecified atom stereocenters. The molecule has 1 N–H and O–H groups in total. The molecule has 0 bridgehead atoms. The lowest BCUT2D eigenvalue weighted by Crippen LogP contribution is -2.17. The van der Waals surface area contributed by atoms with Gasteiger partial charge in [0, 0.05) is 16.7 Å². The van der Waals surface area contributed by atoms with Gasteiger partial charge in [-0.15, -0.1) is 0 Å². The summed E-state index contributed by atoms with van der Waals surface area (Å²) >= 11 is 5.82. The van der Waals surface area contributed by atoms with Gasteiger partial charge in [0.15, 0.2) is 11.5 Å². The lowest BCUT2D eigenvalue weighted by molar-refractivity contribution is -0.385. The first-order valence-corrected chi connectivity index (χ1v) is 7.09. The minimum absolute atomic E-state index is 0.108. The van der Waals surface area contributed by atoms with Gasteiger partial charge in [0.2, 0.25) is 6.79 Å². The number of hydrogen-bond acceptors (Lipinski definition) is 6. The monoisotopic (exact) mass is 347 g/mol. The summed E-state index contributed by atoms with van der Waals surface area (Å²) < 4.78 is 10.3. The van der Waals surface area contributed by atoms with Crippen LogP contribution in [0, 0.1) is 10.1 Å². The first-order chi connectivity index (χ1) is 11.5. The van der Waals surface area contributed by atoms with E-state index in [1.807, 2.05) is 0 Å². The Morgan fingerprint density at radius 1 is 1.25 bits per heavy atom. The molecule has 3 rings (SSSR count). The van der Waals surface area contributed by atoms with Crippen molar-refractivity contribution in [3.05, 3.63) is 62.7 Å². The molecule has 1 aliphatic heterocycles. The van der Waals surface area contributed by atoms with Gasteiger partial charge in [-0.3, -0.25) is 14.9 Å². The minimum Gasteiger partial charge on any atom is -0.454 e. The van der Waals surface area contributed by atoms with Crippen molar-refractivity contribution in [1.29, 1.82) is 0 Å². The average molecular weight is 348 g/mol.